The van der Waals surface area contributed by atoms with Gasteiger partial charge in [-0.2, -0.15) is 0 Å². The third-order valence-corrected chi connectivity index (χ3v) is 8.63. The molecule has 1 unspecified atom stereocenters. The summed E-state index contributed by atoms with van der Waals surface area (Å²) in [6, 6.07) is 19.4. The molecule has 5 nitrogen and oxygen atoms in total. The van der Waals surface area contributed by atoms with Crippen molar-refractivity contribution < 1.29 is 13.2 Å². The number of nitrogens with one attached hydrogen (secondary N) is 1. The normalized spacial score (nSPS) is 16.2. The molecule has 33 heavy (non-hydrogen) atoms. The summed E-state index contributed by atoms with van der Waals surface area (Å²) in [5, 5.41) is 5.30. The van der Waals surface area contributed by atoms with E-state index in [4.69, 9.17) is 4.74 Å². The van der Waals surface area contributed by atoms with E-state index in [1.807, 2.05) is 36.4 Å². The summed E-state index contributed by atoms with van der Waals surface area (Å²) in [5.74, 6) is 1.62. The number of methoxy groups -OCH3 is 1. The van der Waals surface area contributed by atoms with Crippen molar-refractivity contribution in [2.24, 2.45) is 5.92 Å². The molecule has 3 aromatic rings. The van der Waals surface area contributed by atoms with Crippen LogP contribution >= 0.6 is 0 Å². The molecule has 0 spiro atoms. The Balaban J connectivity index is 1.23. The van der Waals surface area contributed by atoms with Gasteiger partial charge in [0.05, 0.1) is 12.0 Å². The lowest BCUT2D eigenvalue weighted by Crippen LogP contribution is -2.30. The van der Waals surface area contributed by atoms with Gasteiger partial charge in [-0.1, -0.05) is 48.5 Å². The number of hydrogen-bond acceptors (Lipinski definition) is 4. The second-order valence-electron chi connectivity index (χ2n) is 8.92. The lowest BCUT2D eigenvalue weighted by atomic mass is 9.83. The van der Waals surface area contributed by atoms with Crippen molar-refractivity contribution in [1.29, 1.82) is 0 Å². The molecule has 0 saturated carbocycles. The van der Waals surface area contributed by atoms with Gasteiger partial charge in [-0.3, -0.25) is 0 Å². The van der Waals surface area contributed by atoms with Crippen LogP contribution in [0.2, 0.25) is 0 Å². The number of ether oxygens (including phenoxy) is 1. The molecule has 1 atom stereocenters. The minimum Gasteiger partial charge on any atom is -0.496 e. The molecule has 1 N–H and O–H groups in total. The second-order valence-corrected chi connectivity index (χ2v) is 10.9. The molecule has 176 valence electrons. The highest BCUT2D eigenvalue weighted by Gasteiger charge is 2.23. The van der Waals surface area contributed by atoms with Crippen LogP contribution in [0.4, 0.5) is 0 Å². The summed E-state index contributed by atoms with van der Waals surface area (Å²) in [6.45, 7) is 2.40. The summed E-state index contributed by atoms with van der Waals surface area (Å²) >= 11 is 0. The number of nitrogens with zero attached hydrogens (tertiary/aromatic N) is 1. The number of benzene rings is 3. The van der Waals surface area contributed by atoms with Crippen LogP contribution in [0.3, 0.4) is 0 Å². The average Bonchev–Trinajstić information content (AvgIpc) is 2.85. The molecule has 1 aliphatic rings. The van der Waals surface area contributed by atoms with E-state index in [0.717, 1.165) is 55.3 Å². The van der Waals surface area contributed by atoms with Crippen LogP contribution in [0.25, 0.3) is 10.8 Å². The first-order chi connectivity index (χ1) is 16.0. The molecule has 3 aromatic carbocycles. The molecule has 0 fully saturated rings. The predicted molar refractivity (Wildman–Crippen MR) is 134 cm³/mol. The van der Waals surface area contributed by atoms with Gasteiger partial charge in [0.15, 0.2) is 0 Å². The van der Waals surface area contributed by atoms with E-state index in [-0.39, 0.29) is 0 Å². The number of fused-ring (bicyclic) bond motifs is 2. The van der Waals surface area contributed by atoms with Crippen molar-refractivity contribution in [2.45, 2.75) is 37.0 Å². The minimum atomic E-state index is -3.51. The molecule has 0 amide bonds. The van der Waals surface area contributed by atoms with Crippen LogP contribution in [0.1, 0.15) is 30.4 Å². The van der Waals surface area contributed by atoms with E-state index in [1.54, 1.807) is 20.2 Å². The van der Waals surface area contributed by atoms with Gasteiger partial charge >= 0.3 is 0 Å². The third-order valence-electron chi connectivity index (χ3n) is 6.71. The maximum absolute atomic E-state index is 13.1. The number of sulfonamides is 1. The summed E-state index contributed by atoms with van der Waals surface area (Å²) in [7, 11) is -0.0865. The largest absolute Gasteiger partial charge is 0.496 e. The standard InChI is InChI=1S/C27H34N2O3S/c1-29(33(30,31)27-14-8-11-22-9-3-4-12-24(22)27)18-6-5-17-28-20-21-15-16-23-10-7-13-26(32-2)25(23)19-21/h3-4,7-14,21,28H,5-6,15-20H2,1-2H3. The molecule has 0 bridgehead atoms. The van der Waals surface area contributed by atoms with Crippen LogP contribution in [0.5, 0.6) is 5.75 Å². The van der Waals surface area contributed by atoms with E-state index in [9.17, 15) is 8.42 Å². The Hall–Kier alpha value is -2.41. The van der Waals surface area contributed by atoms with E-state index < -0.39 is 10.0 Å². The minimum absolute atomic E-state index is 0.384. The highest BCUT2D eigenvalue weighted by Crippen LogP contribution is 2.32. The molecule has 0 saturated heterocycles. The highest BCUT2D eigenvalue weighted by molar-refractivity contribution is 7.89. The van der Waals surface area contributed by atoms with Crippen molar-refractivity contribution in [1.82, 2.24) is 9.62 Å². The van der Waals surface area contributed by atoms with E-state index >= 15 is 0 Å². The fourth-order valence-electron chi connectivity index (χ4n) is 4.79. The molecular formula is C27H34N2O3S. The SMILES string of the molecule is COc1cccc2c1CC(CNCCCCN(C)S(=O)(=O)c1cccc3ccccc13)CC2. The zero-order valence-electron chi connectivity index (χ0n) is 19.6. The summed E-state index contributed by atoms with van der Waals surface area (Å²) in [4.78, 5) is 0.384. The van der Waals surface area contributed by atoms with E-state index in [1.165, 1.54) is 21.9 Å². The zero-order valence-corrected chi connectivity index (χ0v) is 20.4. The first kappa shape index (κ1) is 23.7. The van der Waals surface area contributed by atoms with Crippen molar-refractivity contribution in [3.05, 3.63) is 71.8 Å². The molecule has 6 heteroatoms. The van der Waals surface area contributed by atoms with E-state index in [0.29, 0.717) is 17.4 Å². The first-order valence-corrected chi connectivity index (χ1v) is 13.2. The van der Waals surface area contributed by atoms with Gasteiger partial charge in [-0.25, -0.2) is 12.7 Å². The highest BCUT2D eigenvalue weighted by atomic mass is 32.2. The topological polar surface area (TPSA) is 58.6 Å². The lowest BCUT2D eigenvalue weighted by molar-refractivity contribution is 0.381. The molecule has 0 heterocycles. The number of unbranched alkanes of at least 4 members (excludes halogenated alkanes) is 1. The van der Waals surface area contributed by atoms with Gasteiger partial charge < -0.3 is 10.1 Å². The molecule has 0 radical (unpaired) electrons. The molecule has 0 aliphatic heterocycles. The van der Waals surface area contributed by atoms with Crippen molar-refractivity contribution in [2.75, 3.05) is 33.8 Å². The summed E-state index contributed by atoms with van der Waals surface area (Å²) < 4.78 is 33.3. The average molecular weight is 467 g/mol. The number of rotatable bonds is 10. The Bertz CT molecular complexity index is 1170. The summed E-state index contributed by atoms with van der Waals surface area (Å²) in [5.41, 5.74) is 2.78. The first-order valence-electron chi connectivity index (χ1n) is 11.8. The van der Waals surface area contributed by atoms with Gasteiger partial charge in [0, 0.05) is 19.0 Å². The Kier molecular flexibility index (Phi) is 7.68. The van der Waals surface area contributed by atoms with Gasteiger partial charge in [-0.05, 0) is 79.8 Å². The monoisotopic (exact) mass is 466 g/mol. The summed E-state index contributed by atoms with van der Waals surface area (Å²) in [6.07, 6.45) is 5.13. The number of aryl methyl sites for hydroxylation is 1. The Labute approximate surface area is 197 Å². The fraction of sp³-hybridized carbons (Fsp3) is 0.407. The van der Waals surface area contributed by atoms with Crippen LogP contribution in [-0.4, -0.2) is 46.5 Å². The second kappa shape index (κ2) is 10.7. The molecule has 4 rings (SSSR count). The van der Waals surface area contributed by atoms with E-state index in [2.05, 4.69) is 23.5 Å². The van der Waals surface area contributed by atoms with Gasteiger partial charge in [0.25, 0.3) is 0 Å². The van der Waals surface area contributed by atoms with Crippen molar-refractivity contribution >= 4 is 20.8 Å². The Morgan fingerprint density at radius 2 is 1.82 bits per heavy atom. The quantitative estimate of drug-likeness (QED) is 0.442. The van der Waals surface area contributed by atoms with Gasteiger partial charge in [-0.15, -0.1) is 0 Å². The van der Waals surface area contributed by atoms with Gasteiger partial charge in [0.2, 0.25) is 10.0 Å². The van der Waals surface area contributed by atoms with Crippen LogP contribution < -0.4 is 10.1 Å². The number of hydrogen-bond donors (Lipinski definition) is 1. The maximum atomic E-state index is 13.1. The molecular weight excluding hydrogens is 432 g/mol. The van der Waals surface area contributed by atoms with Gasteiger partial charge in [0.1, 0.15) is 5.75 Å². The maximum Gasteiger partial charge on any atom is 0.243 e. The van der Waals surface area contributed by atoms with Crippen LogP contribution in [0.15, 0.2) is 65.6 Å². The molecule has 0 aromatic heterocycles. The smallest absolute Gasteiger partial charge is 0.243 e. The van der Waals surface area contributed by atoms with Crippen LogP contribution in [0, 0.1) is 5.92 Å². The Morgan fingerprint density at radius 1 is 1.03 bits per heavy atom. The van der Waals surface area contributed by atoms with Crippen molar-refractivity contribution in [3.63, 3.8) is 0 Å². The lowest BCUT2D eigenvalue weighted by Gasteiger charge is -2.26. The zero-order chi connectivity index (χ0) is 23.3. The predicted octanol–water partition coefficient (Wildman–Crippen LogP) is 4.64. The van der Waals surface area contributed by atoms with Crippen LogP contribution in [-0.2, 0) is 22.9 Å². The van der Waals surface area contributed by atoms with Crippen molar-refractivity contribution in [3.8, 4) is 5.75 Å². The fourth-order valence-corrected chi connectivity index (χ4v) is 6.21. The third kappa shape index (κ3) is 5.40. The Morgan fingerprint density at radius 3 is 2.67 bits per heavy atom. The molecule has 1 aliphatic carbocycles.